The smallest absolute Gasteiger partial charge is 0.194 e. The standard InChI is InChI=1S/C20H13NO/c22-20-18-9-5-4-8-16(18)17-11-10-15(12-19(17)20)21-13-14-6-2-1-3-7-14/h1-13H. The van der Waals surface area contributed by atoms with Gasteiger partial charge in [0.25, 0.3) is 0 Å². The number of hydrogen-bond acceptors (Lipinski definition) is 2. The Morgan fingerprint density at radius 1 is 0.682 bits per heavy atom. The molecule has 0 bridgehead atoms. The fourth-order valence-electron chi connectivity index (χ4n) is 2.78. The van der Waals surface area contributed by atoms with Gasteiger partial charge in [-0.3, -0.25) is 9.79 Å². The van der Waals surface area contributed by atoms with Gasteiger partial charge in [-0.15, -0.1) is 0 Å². The lowest BCUT2D eigenvalue weighted by molar-refractivity contribution is 0.104. The number of nitrogens with zero attached hydrogens (tertiary/aromatic N) is 1. The van der Waals surface area contributed by atoms with Crippen molar-refractivity contribution in [3.63, 3.8) is 0 Å². The average Bonchev–Trinajstić information content (AvgIpc) is 2.87. The van der Waals surface area contributed by atoms with Gasteiger partial charge in [-0.05, 0) is 28.8 Å². The molecule has 0 saturated carbocycles. The van der Waals surface area contributed by atoms with Crippen LogP contribution in [-0.4, -0.2) is 12.0 Å². The lowest BCUT2D eigenvalue weighted by Crippen LogP contribution is -1.94. The summed E-state index contributed by atoms with van der Waals surface area (Å²) in [5, 5.41) is 0. The van der Waals surface area contributed by atoms with Crippen molar-refractivity contribution >= 4 is 17.7 Å². The Balaban J connectivity index is 1.72. The second-order valence-corrected chi connectivity index (χ2v) is 5.27. The zero-order valence-corrected chi connectivity index (χ0v) is 11.9. The van der Waals surface area contributed by atoms with Crippen LogP contribution in [-0.2, 0) is 0 Å². The Labute approximate surface area is 128 Å². The van der Waals surface area contributed by atoms with Crippen LogP contribution in [0.2, 0.25) is 0 Å². The zero-order valence-electron chi connectivity index (χ0n) is 11.9. The zero-order chi connectivity index (χ0) is 14.9. The van der Waals surface area contributed by atoms with Crippen molar-refractivity contribution in [3.8, 4) is 11.1 Å². The number of benzene rings is 3. The molecule has 0 fully saturated rings. The van der Waals surface area contributed by atoms with Crippen molar-refractivity contribution in [3.05, 3.63) is 89.5 Å². The van der Waals surface area contributed by atoms with Crippen LogP contribution in [0.3, 0.4) is 0 Å². The molecule has 1 aliphatic carbocycles. The third-order valence-electron chi connectivity index (χ3n) is 3.87. The van der Waals surface area contributed by atoms with E-state index in [1.807, 2.05) is 79.0 Å². The highest BCUT2D eigenvalue weighted by Gasteiger charge is 2.25. The molecule has 0 spiro atoms. The summed E-state index contributed by atoms with van der Waals surface area (Å²) >= 11 is 0. The number of carbonyl (C=O) groups excluding carboxylic acids is 1. The summed E-state index contributed by atoms with van der Waals surface area (Å²) in [7, 11) is 0. The number of fused-ring (bicyclic) bond motifs is 3. The lowest BCUT2D eigenvalue weighted by atomic mass is 10.1. The van der Waals surface area contributed by atoms with Gasteiger partial charge in [0.1, 0.15) is 0 Å². The molecule has 0 atom stereocenters. The number of aliphatic imine (C=N–C) groups is 1. The van der Waals surface area contributed by atoms with Crippen LogP contribution in [0, 0.1) is 0 Å². The van der Waals surface area contributed by atoms with Crippen LogP contribution in [0.5, 0.6) is 0 Å². The maximum atomic E-state index is 12.5. The molecule has 4 rings (SSSR count). The van der Waals surface area contributed by atoms with E-state index >= 15 is 0 Å². The molecule has 0 heterocycles. The summed E-state index contributed by atoms with van der Waals surface area (Å²) in [4.78, 5) is 16.9. The quantitative estimate of drug-likeness (QED) is 0.492. The van der Waals surface area contributed by atoms with Crippen LogP contribution >= 0.6 is 0 Å². The molecule has 0 aliphatic heterocycles. The summed E-state index contributed by atoms with van der Waals surface area (Å²) < 4.78 is 0. The van der Waals surface area contributed by atoms with Gasteiger partial charge in [-0.1, -0.05) is 60.7 Å². The van der Waals surface area contributed by atoms with Gasteiger partial charge < -0.3 is 0 Å². The third kappa shape index (κ3) is 2.06. The molecule has 3 aromatic rings. The average molecular weight is 283 g/mol. The van der Waals surface area contributed by atoms with Gasteiger partial charge in [0.2, 0.25) is 0 Å². The van der Waals surface area contributed by atoms with Gasteiger partial charge in [-0.25, -0.2) is 0 Å². The highest BCUT2D eigenvalue weighted by Crippen LogP contribution is 2.37. The molecule has 22 heavy (non-hydrogen) atoms. The van der Waals surface area contributed by atoms with E-state index < -0.39 is 0 Å². The first-order valence-corrected chi connectivity index (χ1v) is 7.20. The fourth-order valence-corrected chi connectivity index (χ4v) is 2.78. The molecule has 0 unspecified atom stereocenters. The highest BCUT2D eigenvalue weighted by atomic mass is 16.1. The lowest BCUT2D eigenvalue weighted by Gasteiger charge is -2.00. The Kier molecular flexibility index (Phi) is 2.94. The first kappa shape index (κ1) is 12.7. The van der Waals surface area contributed by atoms with Crippen molar-refractivity contribution < 1.29 is 4.79 Å². The van der Waals surface area contributed by atoms with Crippen molar-refractivity contribution in [1.82, 2.24) is 0 Å². The normalized spacial score (nSPS) is 12.5. The van der Waals surface area contributed by atoms with E-state index in [4.69, 9.17) is 0 Å². The second-order valence-electron chi connectivity index (χ2n) is 5.27. The predicted octanol–water partition coefficient (Wildman–Crippen LogP) is 4.65. The van der Waals surface area contributed by atoms with Crippen molar-refractivity contribution in [1.29, 1.82) is 0 Å². The van der Waals surface area contributed by atoms with Gasteiger partial charge in [0.15, 0.2) is 5.78 Å². The first-order valence-electron chi connectivity index (χ1n) is 7.20. The predicted molar refractivity (Wildman–Crippen MR) is 89.0 cm³/mol. The molecule has 2 heteroatoms. The molecule has 0 aromatic heterocycles. The van der Waals surface area contributed by atoms with Gasteiger partial charge in [0, 0.05) is 17.3 Å². The third-order valence-corrected chi connectivity index (χ3v) is 3.87. The van der Waals surface area contributed by atoms with E-state index in [1.54, 1.807) is 0 Å². The molecule has 104 valence electrons. The fraction of sp³-hybridized carbons (Fsp3) is 0. The minimum Gasteiger partial charge on any atom is -0.289 e. The maximum Gasteiger partial charge on any atom is 0.194 e. The van der Waals surface area contributed by atoms with E-state index in [9.17, 15) is 4.79 Å². The topological polar surface area (TPSA) is 29.4 Å². The second kappa shape index (κ2) is 5.08. The number of ketones is 1. The summed E-state index contributed by atoms with van der Waals surface area (Å²) in [6.07, 6.45) is 1.81. The highest BCUT2D eigenvalue weighted by molar-refractivity contribution is 6.22. The van der Waals surface area contributed by atoms with Crippen molar-refractivity contribution in [2.75, 3.05) is 0 Å². The summed E-state index contributed by atoms with van der Waals surface area (Å²) in [6, 6.07) is 23.5. The van der Waals surface area contributed by atoms with Gasteiger partial charge >= 0.3 is 0 Å². The van der Waals surface area contributed by atoms with E-state index in [0.29, 0.717) is 0 Å². The van der Waals surface area contributed by atoms with Gasteiger partial charge in [0.05, 0.1) is 5.69 Å². The minimum absolute atomic E-state index is 0.0855. The Morgan fingerprint density at radius 2 is 1.36 bits per heavy atom. The van der Waals surface area contributed by atoms with Crippen LogP contribution in [0.4, 0.5) is 5.69 Å². The maximum absolute atomic E-state index is 12.5. The van der Waals surface area contributed by atoms with Crippen molar-refractivity contribution in [2.45, 2.75) is 0 Å². The Bertz CT molecular complexity index is 895. The molecule has 0 N–H and O–H groups in total. The Hall–Kier alpha value is -3.00. The van der Waals surface area contributed by atoms with Crippen LogP contribution in [0.25, 0.3) is 11.1 Å². The Morgan fingerprint density at radius 3 is 2.18 bits per heavy atom. The molecular weight excluding hydrogens is 270 g/mol. The largest absolute Gasteiger partial charge is 0.289 e. The number of carbonyl (C=O) groups is 1. The minimum atomic E-state index is 0.0855. The van der Waals surface area contributed by atoms with E-state index in [0.717, 1.165) is 33.5 Å². The van der Waals surface area contributed by atoms with Gasteiger partial charge in [-0.2, -0.15) is 0 Å². The summed E-state index contributed by atoms with van der Waals surface area (Å²) in [6.45, 7) is 0. The monoisotopic (exact) mass is 283 g/mol. The van der Waals surface area contributed by atoms with Crippen molar-refractivity contribution in [2.24, 2.45) is 4.99 Å². The molecular formula is C20H13NO. The first-order chi connectivity index (χ1) is 10.8. The molecule has 3 aromatic carbocycles. The van der Waals surface area contributed by atoms with Crippen LogP contribution in [0.15, 0.2) is 77.8 Å². The molecule has 0 amide bonds. The summed E-state index contributed by atoms with van der Waals surface area (Å²) in [5.74, 6) is 0.0855. The van der Waals surface area contributed by atoms with E-state index in [1.165, 1.54) is 0 Å². The molecule has 2 nitrogen and oxygen atoms in total. The van der Waals surface area contributed by atoms with E-state index in [2.05, 4.69) is 4.99 Å². The van der Waals surface area contributed by atoms with E-state index in [-0.39, 0.29) is 5.78 Å². The molecule has 0 saturated heterocycles. The number of rotatable bonds is 2. The molecule has 1 aliphatic rings. The number of hydrogen-bond donors (Lipinski definition) is 0. The molecule has 0 radical (unpaired) electrons. The van der Waals surface area contributed by atoms with Crippen LogP contribution < -0.4 is 0 Å². The van der Waals surface area contributed by atoms with Crippen LogP contribution in [0.1, 0.15) is 21.5 Å². The summed E-state index contributed by atoms with van der Waals surface area (Å²) in [5.41, 5.74) is 5.37. The SMILES string of the molecule is O=C1c2ccccc2-c2ccc(N=Cc3ccccc3)cc21.